The second-order valence-corrected chi connectivity index (χ2v) is 7.33. The highest BCUT2D eigenvalue weighted by atomic mass is 31.2. The number of methoxy groups -OCH3 is 2. The van der Waals surface area contributed by atoms with Crippen molar-refractivity contribution < 1.29 is 37.7 Å². The minimum absolute atomic E-state index is 0.117. The maximum Gasteiger partial charge on any atom is 0.368 e. The van der Waals surface area contributed by atoms with Crippen LogP contribution in [-0.2, 0) is 23.1 Å². The molecule has 0 heterocycles. The van der Waals surface area contributed by atoms with Crippen LogP contribution in [0.25, 0.3) is 6.08 Å². The summed E-state index contributed by atoms with van der Waals surface area (Å²) in [4.78, 5) is 12.4. The summed E-state index contributed by atoms with van der Waals surface area (Å²) < 4.78 is 37.8. The minimum Gasteiger partial charge on any atom is -0.502 e. The zero-order valence-corrected chi connectivity index (χ0v) is 16.0. The van der Waals surface area contributed by atoms with E-state index in [2.05, 4.69) is 0 Å². The van der Waals surface area contributed by atoms with E-state index in [4.69, 9.17) is 23.3 Å². The van der Waals surface area contributed by atoms with Crippen molar-refractivity contribution in [2.45, 2.75) is 20.0 Å². The third-order valence-electron chi connectivity index (χ3n) is 3.13. The van der Waals surface area contributed by atoms with Gasteiger partial charge in [0.1, 0.15) is 5.31 Å². The van der Waals surface area contributed by atoms with Crippen molar-refractivity contribution in [1.82, 2.24) is 0 Å². The normalized spacial score (nSPS) is 12.2. The number of hydrogen-bond acceptors (Lipinski definition) is 8. The van der Waals surface area contributed by atoms with Crippen LogP contribution >= 0.6 is 7.60 Å². The van der Waals surface area contributed by atoms with Gasteiger partial charge in [0, 0.05) is 14.2 Å². The number of carbonyl (C=O) groups excluding carboxylic acids is 1. The molecule has 1 aromatic carbocycles. The van der Waals surface area contributed by atoms with Crippen LogP contribution < -0.4 is 9.47 Å². The average Bonchev–Trinajstić information content (AvgIpc) is 2.59. The molecule has 9 heteroatoms. The van der Waals surface area contributed by atoms with Crippen LogP contribution in [0.1, 0.15) is 19.4 Å². The molecule has 0 unspecified atom stereocenters. The molecule has 1 rings (SSSR count). The number of esters is 1. The number of phenols is 1. The van der Waals surface area contributed by atoms with Gasteiger partial charge in [-0.05, 0) is 37.6 Å². The molecule has 0 aliphatic rings. The molecule has 0 saturated carbocycles. The molecule has 25 heavy (non-hydrogen) atoms. The maximum absolute atomic E-state index is 12.7. The Morgan fingerprint density at radius 3 is 1.92 bits per heavy atom. The molecular formula is C16H23O8P. The Kier molecular flexibility index (Phi) is 7.48. The highest BCUT2D eigenvalue weighted by molar-refractivity contribution is 7.60. The molecule has 0 bridgehead atoms. The third kappa shape index (κ3) is 4.98. The van der Waals surface area contributed by atoms with Gasteiger partial charge in [0.25, 0.3) is 0 Å². The molecule has 1 N–H and O–H groups in total. The Balaban J connectivity index is 3.54. The summed E-state index contributed by atoms with van der Waals surface area (Å²) in [6, 6.07) is 2.88. The lowest BCUT2D eigenvalue weighted by Crippen LogP contribution is -2.15. The van der Waals surface area contributed by atoms with Crippen LogP contribution in [0.15, 0.2) is 17.4 Å². The number of benzene rings is 1. The molecule has 1 aromatic rings. The third-order valence-corrected chi connectivity index (χ3v) is 5.00. The van der Waals surface area contributed by atoms with Gasteiger partial charge in [0.2, 0.25) is 5.75 Å². The summed E-state index contributed by atoms with van der Waals surface area (Å²) in [6.07, 6.45) is 0.852. The maximum atomic E-state index is 12.7. The van der Waals surface area contributed by atoms with E-state index in [0.29, 0.717) is 5.56 Å². The van der Waals surface area contributed by atoms with Gasteiger partial charge in [-0.1, -0.05) is 0 Å². The summed E-state index contributed by atoms with van der Waals surface area (Å²) in [5.74, 6) is -0.804. The first-order valence-corrected chi connectivity index (χ1v) is 8.86. The molecule has 0 radical (unpaired) electrons. The summed E-state index contributed by atoms with van der Waals surface area (Å²) in [7, 11) is 1.18. The van der Waals surface area contributed by atoms with E-state index in [1.165, 1.54) is 46.6 Å². The first kappa shape index (κ1) is 21.0. The monoisotopic (exact) mass is 374 g/mol. The molecule has 0 atom stereocenters. The van der Waals surface area contributed by atoms with Gasteiger partial charge in [-0.2, -0.15) is 0 Å². The number of carbonyl (C=O) groups is 1. The van der Waals surface area contributed by atoms with E-state index >= 15 is 0 Å². The molecular weight excluding hydrogens is 351 g/mol. The Labute approximate surface area is 146 Å². The predicted molar refractivity (Wildman–Crippen MR) is 92.0 cm³/mol. The fourth-order valence-corrected chi connectivity index (χ4v) is 3.08. The van der Waals surface area contributed by atoms with Crippen molar-refractivity contribution in [3.05, 3.63) is 23.0 Å². The molecule has 0 amide bonds. The first-order chi connectivity index (χ1) is 11.7. The number of rotatable bonds is 8. The lowest BCUT2D eigenvalue weighted by Gasteiger charge is -2.18. The largest absolute Gasteiger partial charge is 0.502 e. The van der Waals surface area contributed by atoms with Crippen molar-refractivity contribution in [3.8, 4) is 17.2 Å². The van der Waals surface area contributed by atoms with Crippen molar-refractivity contribution >= 4 is 19.6 Å². The molecule has 0 aliphatic heterocycles. The van der Waals surface area contributed by atoms with Crippen molar-refractivity contribution in [3.63, 3.8) is 0 Å². The fourth-order valence-electron chi connectivity index (χ4n) is 1.95. The Hall–Kier alpha value is -2.02. The number of ether oxygens (including phenoxy) is 3. The van der Waals surface area contributed by atoms with Crippen molar-refractivity contribution in [2.24, 2.45) is 0 Å². The fraction of sp³-hybridized carbons (Fsp3) is 0.438. The number of phenolic OH excluding ortho intramolecular Hbond substituents is 1. The summed E-state index contributed by atoms with van der Waals surface area (Å²) in [6.45, 7) is 3.32. The van der Waals surface area contributed by atoms with Gasteiger partial charge in [-0.15, -0.1) is 0 Å². The highest BCUT2D eigenvalue weighted by Crippen LogP contribution is 2.56. The number of aromatic hydroxyl groups is 1. The summed E-state index contributed by atoms with van der Waals surface area (Å²) in [5, 5.41) is 9.67. The van der Waals surface area contributed by atoms with E-state index < -0.39 is 19.7 Å². The van der Waals surface area contributed by atoms with Gasteiger partial charge >= 0.3 is 13.6 Å². The lowest BCUT2D eigenvalue weighted by molar-refractivity contribution is -0.141. The van der Waals surface area contributed by atoms with Gasteiger partial charge in [0.05, 0.1) is 20.3 Å². The topological polar surface area (TPSA) is 101 Å². The quantitative estimate of drug-likeness (QED) is 0.421. The second-order valence-electron chi connectivity index (χ2n) is 5.12. The zero-order chi connectivity index (χ0) is 19.2. The molecule has 0 saturated heterocycles. The SMILES string of the molecule is COc1cc(C=C(C(=O)OC(C)C)P(=O)(OC)OC)cc(OC)c1O. The van der Waals surface area contributed by atoms with Gasteiger partial charge in [-0.25, -0.2) is 4.79 Å². The van der Waals surface area contributed by atoms with E-state index in [0.717, 1.165) is 0 Å². The molecule has 0 fully saturated rings. The van der Waals surface area contributed by atoms with E-state index in [1.54, 1.807) is 13.8 Å². The zero-order valence-electron chi connectivity index (χ0n) is 15.1. The lowest BCUT2D eigenvalue weighted by atomic mass is 10.1. The molecule has 0 aromatic heterocycles. The van der Waals surface area contributed by atoms with Crippen molar-refractivity contribution in [2.75, 3.05) is 28.4 Å². The average molecular weight is 374 g/mol. The van der Waals surface area contributed by atoms with E-state index in [9.17, 15) is 14.5 Å². The number of hydrogen-bond donors (Lipinski definition) is 1. The molecule has 0 aliphatic carbocycles. The Morgan fingerprint density at radius 2 is 1.56 bits per heavy atom. The smallest absolute Gasteiger partial charge is 0.368 e. The Bertz CT molecular complexity index is 662. The van der Waals surface area contributed by atoms with Crippen LogP contribution in [0, 0.1) is 0 Å². The highest BCUT2D eigenvalue weighted by Gasteiger charge is 2.35. The Morgan fingerprint density at radius 1 is 1.08 bits per heavy atom. The minimum atomic E-state index is -3.89. The summed E-state index contributed by atoms with van der Waals surface area (Å²) in [5.41, 5.74) is 0.372. The second kappa shape index (κ2) is 8.89. The van der Waals surface area contributed by atoms with Gasteiger partial charge in [-0.3, -0.25) is 4.57 Å². The van der Waals surface area contributed by atoms with Crippen LogP contribution in [0.3, 0.4) is 0 Å². The van der Waals surface area contributed by atoms with Crippen molar-refractivity contribution in [1.29, 1.82) is 0 Å². The van der Waals surface area contributed by atoms with Gasteiger partial charge in [0.15, 0.2) is 11.5 Å². The molecule has 0 spiro atoms. The predicted octanol–water partition coefficient (Wildman–Crippen LogP) is 3.19. The van der Waals surface area contributed by atoms with E-state index in [-0.39, 0.29) is 22.6 Å². The molecule has 8 nitrogen and oxygen atoms in total. The summed E-state index contributed by atoms with van der Waals surface area (Å²) >= 11 is 0. The van der Waals surface area contributed by atoms with Gasteiger partial charge < -0.3 is 28.4 Å². The van der Waals surface area contributed by atoms with Crippen LogP contribution in [0.4, 0.5) is 0 Å². The van der Waals surface area contributed by atoms with Crippen LogP contribution in [0.2, 0.25) is 0 Å². The standard InChI is InChI=1S/C16H23O8P/c1-10(2)24-16(18)14(25(19,22-5)23-6)9-11-7-12(20-3)15(17)13(8-11)21-4/h7-10,17H,1-6H3. The molecule has 140 valence electrons. The van der Waals surface area contributed by atoms with Crippen LogP contribution in [-0.4, -0.2) is 45.6 Å². The first-order valence-electron chi connectivity index (χ1n) is 7.32. The van der Waals surface area contributed by atoms with Crippen LogP contribution in [0.5, 0.6) is 17.2 Å². The van der Waals surface area contributed by atoms with E-state index in [1.807, 2.05) is 0 Å².